The summed E-state index contributed by atoms with van der Waals surface area (Å²) in [7, 11) is -3.22. The van der Waals surface area contributed by atoms with Gasteiger partial charge >= 0.3 is 0 Å². The van der Waals surface area contributed by atoms with Gasteiger partial charge in [-0.1, -0.05) is 59.5 Å². The number of alkyl halides is 1. The van der Waals surface area contributed by atoms with E-state index in [1.54, 1.807) is 0 Å². The normalized spacial score (nSPS) is 27.4. The number of benzene rings is 1. The summed E-state index contributed by atoms with van der Waals surface area (Å²) >= 11 is 3.64. The molecule has 3 rings (SSSR count). The largest absolute Gasteiger partial charge is 0.215 e. The molecule has 1 fully saturated rings. The van der Waals surface area contributed by atoms with Crippen LogP contribution in [0.2, 0.25) is 0 Å². The highest BCUT2D eigenvalue weighted by atomic mass is 79.9. The molecular formula is C15H20BrNO2S. The molecule has 2 unspecified atom stereocenters. The minimum Gasteiger partial charge on any atom is -0.212 e. The smallest absolute Gasteiger partial charge is 0.212 e. The number of hydrogen-bond acceptors (Lipinski definition) is 2. The molecule has 1 aromatic rings. The summed E-state index contributed by atoms with van der Waals surface area (Å²) in [5.41, 5.74) is 2.36. The highest BCUT2D eigenvalue weighted by Gasteiger charge is 2.36. The zero-order valence-electron chi connectivity index (χ0n) is 11.4. The summed E-state index contributed by atoms with van der Waals surface area (Å²) in [6.07, 6.45) is 5.72. The Morgan fingerprint density at radius 3 is 2.55 bits per heavy atom. The molecule has 110 valence electrons. The average molecular weight is 358 g/mol. The van der Waals surface area contributed by atoms with Gasteiger partial charge in [-0.15, -0.1) is 0 Å². The molecule has 1 saturated carbocycles. The van der Waals surface area contributed by atoms with Crippen molar-refractivity contribution >= 4 is 26.0 Å². The predicted molar refractivity (Wildman–Crippen MR) is 84.5 cm³/mol. The molecule has 0 radical (unpaired) electrons. The van der Waals surface area contributed by atoms with Crippen molar-refractivity contribution in [3.05, 3.63) is 35.4 Å². The first-order valence-corrected chi connectivity index (χ1v) is 9.77. The van der Waals surface area contributed by atoms with Gasteiger partial charge in [0.05, 0.1) is 11.3 Å². The molecule has 0 bridgehead atoms. The first-order valence-electron chi connectivity index (χ1n) is 7.31. The lowest BCUT2D eigenvalue weighted by Gasteiger charge is -2.25. The summed E-state index contributed by atoms with van der Waals surface area (Å²) in [6, 6.07) is 7.98. The van der Waals surface area contributed by atoms with Crippen LogP contribution in [0.4, 0.5) is 0 Å². The molecule has 0 saturated heterocycles. The highest BCUT2D eigenvalue weighted by Crippen LogP contribution is 2.37. The van der Waals surface area contributed by atoms with E-state index < -0.39 is 10.0 Å². The van der Waals surface area contributed by atoms with Crippen LogP contribution in [-0.4, -0.2) is 18.5 Å². The van der Waals surface area contributed by atoms with Crippen LogP contribution in [0.3, 0.4) is 0 Å². The molecule has 0 aliphatic heterocycles. The Kier molecular flexibility index (Phi) is 4.20. The van der Waals surface area contributed by atoms with Crippen molar-refractivity contribution in [1.29, 1.82) is 0 Å². The van der Waals surface area contributed by atoms with Crippen molar-refractivity contribution in [3.63, 3.8) is 0 Å². The third-order valence-electron chi connectivity index (χ3n) is 4.45. The van der Waals surface area contributed by atoms with Crippen LogP contribution in [0.5, 0.6) is 0 Å². The molecule has 0 amide bonds. The van der Waals surface area contributed by atoms with Gasteiger partial charge in [0.2, 0.25) is 10.0 Å². The van der Waals surface area contributed by atoms with Crippen molar-refractivity contribution in [2.24, 2.45) is 0 Å². The minimum absolute atomic E-state index is 0.127. The average Bonchev–Trinajstić information content (AvgIpc) is 2.76. The molecule has 0 heterocycles. The first-order chi connectivity index (χ1) is 9.58. The Labute approximate surface area is 129 Å². The maximum absolute atomic E-state index is 12.6. The zero-order valence-corrected chi connectivity index (χ0v) is 13.8. The number of hydrogen-bond donors (Lipinski definition) is 1. The SMILES string of the molecule is O=S(=O)(NC1c2ccccc2CC1Br)C1CCCCC1. The van der Waals surface area contributed by atoms with Crippen molar-refractivity contribution in [2.45, 2.75) is 54.6 Å². The third kappa shape index (κ3) is 2.81. The quantitative estimate of drug-likeness (QED) is 0.843. The fourth-order valence-electron chi connectivity index (χ4n) is 3.33. The van der Waals surface area contributed by atoms with E-state index in [4.69, 9.17) is 0 Å². The molecule has 20 heavy (non-hydrogen) atoms. The number of halogens is 1. The molecule has 1 N–H and O–H groups in total. The highest BCUT2D eigenvalue weighted by molar-refractivity contribution is 9.09. The maximum atomic E-state index is 12.6. The van der Waals surface area contributed by atoms with Gasteiger partial charge in [0.25, 0.3) is 0 Å². The molecule has 3 nitrogen and oxygen atoms in total. The van der Waals surface area contributed by atoms with Gasteiger partial charge in [-0.2, -0.15) is 0 Å². The monoisotopic (exact) mass is 357 g/mol. The molecule has 2 atom stereocenters. The molecule has 2 aliphatic rings. The fraction of sp³-hybridized carbons (Fsp3) is 0.600. The van der Waals surface area contributed by atoms with E-state index in [9.17, 15) is 8.42 Å². The number of nitrogens with one attached hydrogen (secondary N) is 1. The van der Waals surface area contributed by atoms with E-state index in [0.29, 0.717) is 0 Å². The first kappa shape index (κ1) is 14.5. The Morgan fingerprint density at radius 2 is 1.80 bits per heavy atom. The van der Waals surface area contributed by atoms with E-state index in [1.807, 2.05) is 18.2 Å². The number of fused-ring (bicyclic) bond motifs is 1. The predicted octanol–water partition coefficient (Wildman–Crippen LogP) is 3.30. The maximum Gasteiger partial charge on any atom is 0.215 e. The van der Waals surface area contributed by atoms with Gasteiger partial charge in [0, 0.05) is 4.83 Å². The van der Waals surface area contributed by atoms with E-state index in [2.05, 4.69) is 26.7 Å². The topological polar surface area (TPSA) is 46.2 Å². The molecular weight excluding hydrogens is 338 g/mol. The number of rotatable bonds is 3. The van der Waals surface area contributed by atoms with Gasteiger partial charge in [0.15, 0.2) is 0 Å². The molecule has 0 aromatic heterocycles. The van der Waals surface area contributed by atoms with E-state index in [1.165, 1.54) is 12.0 Å². The Balaban J connectivity index is 1.80. The van der Waals surface area contributed by atoms with Crippen LogP contribution in [0.15, 0.2) is 24.3 Å². The minimum atomic E-state index is -3.22. The van der Waals surface area contributed by atoms with Crippen molar-refractivity contribution in [3.8, 4) is 0 Å². The van der Waals surface area contributed by atoms with Crippen LogP contribution in [0.1, 0.15) is 49.3 Å². The van der Waals surface area contributed by atoms with Crippen molar-refractivity contribution in [1.82, 2.24) is 4.72 Å². The van der Waals surface area contributed by atoms with Crippen molar-refractivity contribution in [2.75, 3.05) is 0 Å². The van der Waals surface area contributed by atoms with Crippen LogP contribution >= 0.6 is 15.9 Å². The Bertz CT molecular complexity index is 581. The van der Waals surface area contributed by atoms with Gasteiger partial charge in [-0.05, 0) is 30.4 Å². The molecule has 0 spiro atoms. The lowest BCUT2D eigenvalue weighted by Crippen LogP contribution is -2.39. The summed E-state index contributed by atoms with van der Waals surface area (Å²) in [5, 5.41) is -0.205. The summed E-state index contributed by atoms with van der Waals surface area (Å²) in [4.78, 5) is 0.151. The number of sulfonamides is 1. The molecule has 1 aromatic carbocycles. The van der Waals surface area contributed by atoms with E-state index in [-0.39, 0.29) is 16.1 Å². The lowest BCUT2D eigenvalue weighted by molar-refractivity contribution is 0.471. The summed E-state index contributed by atoms with van der Waals surface area (Å²) in [5.74, 6) is 0. The van der Waals surface area contributed by atoms with Gasteiger partial charge < -0.3 is 0 Å². The van der Waals surface area contributed by atoms with Gasteiger partial charge in [-0.25, -0.2) is 13.1 Å². The second kappa shape index (κ2) is 5.78. The summed E-state index contributed by atoms with van der Waals surface area (Å²) < 4.78 is 28.1. The van der Waals surface area contributed by atoms with Crippen molar-refractivity contribution < 1.29 is 8.42 Å². The second-order valence-electron chi connectivity index (χ2n) is 5.82. The molecule has 5 heteroatoms. The zero-order chi connectivity index (χ0) is 14.2. The Hall–Kier alpha value is -0.390. The van der Waals surface area contributed by atoms with Crippen LogP contribution in [-0.2, 0) is 16.4 Å². The lowest BCUT2D eigenvalue weighted by atomic mass is 10.0. The second-order valence-corrected chi connectivity index (χ2v) is 8.99. The van der Waals surface area contributed by atoms with E-state index >= 15 is 0 Å². The summed E-state index contributed by atoms with van der Waals surface area (Å²) in [6.45, 7) is 0. The van der Waals surface area contributed by atoms with Gasteiger partial charge in [-0.3, -0.25) is 0 Å². The van der Waals surface area contributed by atoms with Crippen LogP contribution < -0.4 is 4.72 Å². The fourth-order valence-corrected chi connectivity index (χ4v) is 6.06. The van der Waals surface area contributed by atoms with Crippen LogP contribution in [0.25, 0.3) is 0 Å². The van der Waals surface area contributed by atoms with Gasteiger partial charge in [0.1, 0.15) is 0 Å². The van der Waals surface area contributed by atoms with Crippen LogP contribution in [0, 0.1) is 0 Å². The van der Waals surface area contributed by atoms with E-state index in [0.717, 1.165) is 37.7 Å². The third-order valence-corrected chi connectivity index (χ3v) is 7.23. The Morgan fingerprint density at radius 1 is 1.10 bits per heavy atom. The standard InChI is InChI=1S/C15H20BrNO2S/c16-14-10-11-6-4-5-9-13(11)15(14)17-20(18,19)12-7-2-1-3-8-12/h4-6,9,12,14-15,17H,1-3,7-8,10H2. The molecule has 2 aliphatic carbocycles.